The van der Waals surface area contributed by atoms with E-state index in [1.807, 2.05) is 25.1 Å². The molecule has 2 aromatic rings. The van der Waals surface area contributed by atoms with Crippen LogP contribution in [0.2, 0.25) is 5.02 Å². The zero-order chi connectivity index (χ0) is 13.7. The molecule has 19 heavy (non-hydrogen) atoms. The summed E-state index contributed by atoms with van der Waals surface area (Å²) in [7, 11) is 0. The van der Waals surface area contributed by atoms with Crippen molar-refractivity contribution < 1.29 is 4.79 Å². The van der Waals surface area contributed by atoms with E-state index in [2.05, 4.69) is 15.6 Å². The minimum Gasteiger partial charge on any atom is -0.334 e. The first-order valence-corrected chi connectivity index (χ1v) is 6.23. The van der Waals surface area contributed by atoms with Gasteiger partial charge in [-0.2, -0.15) is 0 Å². The van der Waals surface area contributed by atoms with Crippen molar-refractivity contribution in [3.05, 3.63) is 58.9 Å². The Balaban J connectivity index is 1.91. The number of anilines is 1. The number of halogens is 1. The Morgan fingerprint density at radius 2 is 2.21 bits per heavy atom. The van der Waals surface area contributed by atoms with Crippen LogP contribution >= 0.6 is 11.6 Å². The molecule has 1 aromatic heterocycles. The van der Waals surface area contributed by atoms with Crippen LogP contribution < -0.4 is 10.6 Å². The molecular formula is C14H14ClN3O. The van der Waals surface area contributed by atoms with Crippen molar-refractivity contribution in [2.75, 3.05) is 5.32 Å². The number of nitrogens with one attached hydrogen (secondary N) is 2. The zero-order valence-corrected chi connectivity index (χ0v) is 11.2. The van der Waals surface area contributed by atoms with Crippen LogP contribution in [0.3, 0.4) is 0 Å². The molecule has 2 amide bonds. The number of nitrogens with zero attached hydrogens (tertiary/aromatic N) is 1. The number of pyridine rings is 1. The second-order valence-electron chi connectivity index (χ2n) is 4.15. The second-order valence-corrected chi connectivity index (χ2v) is 4.56. The first kappa shape index (κ1) is 13.4. The van der Waals surface area contributed by atoms with Crippen molar-refractivity contribution in [1.29, 1.82) is 0 Å². The van der Waals surface area contributed by atoms with Gasteiger partial charge in [0.2, 0.25) is 0 Å². The third-order valence-electron chi connectivity index (χ3n) is 2.55. The van der Waals surface area contributed by atoms with Gasteiger partial charge in [-0.1, -0.05) is 23.7 Å². The number of aromatic nitrogens is 1. The number of carbonyl (C=O) groups excluding carboxylic acids is 1. The molecule has 0 unspecified atom stereocenters. The maximum atomic E-state index is 11.7. The molecule has 0 fully saturated rings. The highest BCUT2D eigenvalue weighted by Crippen LogP contribution is 2.22. The number of amides is 2. The van der Waals surface area contributed by atoms with Gasteiger partial charge >= 0.3 is 6.03 Å². The molecule has 0 saturated heterocycles. The van der Waals surface area contributed by atoms with Crippen LogP contribution in [0, 0.1) is 6.92 Å². The summed E-state index contributed by atoms with van der Waals surface area (Å²) in [6.45, 7) is 2.36. The molecule has 2 rings (SSSR count). The number of hydrogen-bond donors (Lipinski definition) is 2. The maximum absolute atomic E-state index is 11.7. The molecule has 2 N–H and O–H groups in total. The minimum atomic E-state index is -0.297. The van der Waals surface area contributed by atoms with E-state index in [9.17, 15) is 4.79 Å². The Morgan fingerprint density at radius 3 is 2.89 bits per heavy atom. The summed E-state index contributed by atoms with van der Waals surface area (Å²) in [5.41, 5.74) is 2.58. The summed E-state index contributed by atoms with van der Waals surface area (Å²) in [6, 6.07) is 8.90. The van der Waals surface area contributed by atoms with E-state index in [1.54, 1.807) is 24.5 Å². The lowest BCUT2D eigenvalue weighted by molar-refractivity contribution is 0.251. The summed E-state index contributed by atoms with van der Waals surface area (Å²) in [6.07, 6.45) is 3.40. The van der Waals surface area contributed by atoms with Gasteiger partial charge in [0, 0.05) is 18.9 Å². The average Bonchev–Trinajstić information content (AvgIpc) is 2.41. The third kappa shape index (κ3) is 3.96. The lowest BCUT2D eigenvalue weighted by Crippen LogP contribution is -2.28. The molecule has 1 heterocycles. The summed E-state index contributed by atoms with van der Waals surface area (Å²) >= 11 is 6.04. The van der Waals surface area contributed by atoms with Crippen LogP contribution in [0.4, 0.5) is 10.5 Å². The van der Waals surface area contributed by atoms with Crippen molar-refractivity contribution in [2.45, 2.75) is 13.5 Å². The highest BCUT2D eigenvalue weighted by molar-refractivity contribution is 6.33. The van der Waals surface area contributed by atoms with Crippen molar-refractivity contribution >= 4 is 23.3 Å². The van der Waals surface area contributed by atoms with Crippen molar-refractivity contribution in [3.8, 4) is 0 Å². The molecule has 0 aliphatic carbocycles. The third-order valence-corrected chi connectivity index (χ3v) is 2.86. The molecule has 0 aliphatic heterocycles. The van der Waals surface area contributed by atoms with Gasteiger partial charge in [-0.3, -0.25) is 4.98 Å². The molecule has 0 bridgehead atoms. The fraction of sp³-hybridized carbons (Fsp3) is 0.143. The van der Waals surface area contributed by atoms with Crippen molar-refractivity contribution in [3.63, 3.8) is 0 Å². The predicted octanol–water partition coefficient (Wildman–Crippen LogP) is 3.37. The zero-order valence-electron chi connectivity index (χ0n) is 10.5. The van der Waals surface area contributed by atoms with Crippen molar-refractivity contribution in [2.24, 2.45) is 0 Å². The van der Waals surface area contributed by atoms with Crippen LogP contribution in [-0.2, 0) is 6.54 Å². The molecule has 0 saturated carbocycles. The quantitative estimate of drug-likeness (QED) is 0.902. The average molecular weight is 276 g/mol. The monoisotopic (exact) mass is 275 g/mol. The van der Waals surface area contributed by atoms with Gasteiger partial charge in [0.25, 0.3) is 0 Å². The van der Waals surface area contributed by atoms with E-state index in [-0.39, 0.29) is 6.03 Å². The highest BCUT2D eigenvalue weighted by atomic mass is 35.5. The van der Waals surface area contributed by atoms with E-state index in [0.29, 0.717) is 17.3 Å². The summed E-state index contributed by atoms with van der Waals surface area (Å²) < 4.78 is 0. The van der Waals surface area contributed by atoms with Gasteiger partial charge in [0.1, 0.15) is 0 Å². The number of benzene rings is 1. The number of aryl methyl sites for hydroxylation is 1. The fourth-order valence-electron chi connectivity index (χ4n) is 1.57. The van der Waals surface area contributed by atoms with Crippen LogP contribution in [0.5, 0.6) is 0 Å². The number of urea groups is 1. The Kier molecular flexibility index (Phi) is 4.36. The standard InChI is InChI=1S/C14H14ClN3O/c1-10-4-5-13(12(15)7-10)18-14(19)17-9-11-3-2-6-16-8-11/h2-8H,9H2,1H3,(H2,17,18,19). The molecule has 0 spiro atoms. The maximum Gasteiger partial charge on any atom is 0.319 e. The van der Waals surface area contributed by atoms with E-state index in [0.717, 1.165) is 11.1 Å². The molecule has 5 heteroatoms. The Morgan fingerprint density at radius 1 is 1.37 bits per heavy atom. The summed E-state index contributed by atoms with van der Waals surface area (Å²) in [5.74, 6) is 0. The molecule has 98 valence electrons. The largest absolute Gasteiger partial charge is 0.334 e. The van der Waals surface area contributed by atoms with E-state index >= 15 is 0 Å². The molecular weight excluding hydrogens is 262 g/mol. The first-order chi connectivity index (χ1) is 9.15. The Bertz CT molecular complexity index is 572. The molecule has 0 atom stereocenters. The minimum absolute atomic E-state index is 0.297. The van der Waals surface area contributed by atoms with Gasteiger partial charge in [-0.15, -0.1) is 0 Å². The van der Waals surface area contributed by atoms with E-state index in [1.165, 1.54) is 0 Å². The van der Waals surface area contributed by atoms with E-state index < -0.39 is 0 Å². The van der Waals surface area contributed by atoms with Gasteiger partial charge < -0.3 is 10.6 Å². The van der Waals surface area contributed by atoms with Crippen LogP contribution in [0.15, 0.2) is 42.7 Å². The summed E-state index contributed by atoms with van der Waals surface area (Å²) in [5, 5.41) is 5.97. The van der Waals surface area contributed by atoms with E-state index in [4.69, 9.17) is 11.6 Å². The normalized spacial score (nSPS) is 10.0. The SMILES string of the molecule is Cc1ccc(NC(=O)NCc2cccnc2)c(Cl)c1. The van der Waals surface area contributed by atoms with Crippen molar-refractivity contribution in [1.82, 2.24) is 10.3 Å². The van der Waals surface area contributed by atoms with Gasteiger partial charge in [-0.05, 0) is 36.2 Å². The van der Waals surface area contributed by atoms with Crippen LogP contribution in [0.1, 0.15) is 11.1 Å². The van der Waals surface area contributed by atoms with Gasteiger partial charge in [-0.25, -0.2) is 4.79 Å². The highest BCUT2D eigenvalue weighted by Gasteiger charge is 2.05. The lowest BCUT2D eigenvalue weighted by Gasteiger charge is -2.09. The van der Waals surface area contributed by atoms with Crippen LogP contribution in [-0.4, -0.2) is 11.0 Å². The number of hydrogen-bond acceptors (Lipinski definition) is 2. The predicted molar refractivity (Wildman–Crippen MR) is 76.3 cm³/mol. The van der Waals surface area contributed by atoms with Gasteiger partial charge in [0.05, 0.1) is 10.7 Å². The van der Waals surface area contributed by atoms with Gasteiger partial charge in [0.15, 0.2) is 0 Å². The Labute approximate surface area is 116 Å². The number of carbonyl (C=O) groups is 1. The second kappa shape index (κ2) is 6.20. The molecule has 0 aliphatic rings. The number of rotatable bonds is 3. The molecule has 0 radical (unpaired) electrons. The lowest BCUT2D eigenvalue weighted by atomic mass is 10.2. The smallest absolute Gasteiger partial charge is 0.319 e. The Hall–Kier alpha value is -2.07. The summed E-state index contributed by atoms with van der Waals surface area (Å²) in [4.78, 5) is 15.7. The molecule has 1 aromatic carbocycles. The first-order valence-electron chi connectivity index (χ1n) is 5.85. The molecule has 4 nitrogen and oxygen atoms in total. The fourth-order valence-corrected chi connectivity index (χ4v) is 1.86. The topological polar surface area (TPSA) is 54.0 Å². The van der Waals surface area contributed by atoms with Crippen LogP contribution in [0.25, 0.3) is 0 Å².